The van der Waals surface area contributed by atoms with Crippen LogP contribution in [0.2, 0.25) is 0 Å². The SMILES string of the molecule is Cn1ncc(Br)c1C(O)c1ncccc1F. The number of pyridine rings is 1. The first-order chi connectivity index (χ1) is 7.61. The van der Waals surface area contributed by atoms with Crippen molar-refractivity contribution in [2.45, 2.75) is 6.10 Å². The molecule has 1 N–H and O–H groups in total. The summed E-state index contributed by atoms with van der Waals surface area (Å²) in [7, 11) is 1.67. The highest BCUT2D eigenvalue weighted by Gasteiger charge is 2.22. The molecule has 0 amide bonds. The van der Waals surface area contributed by atoms with Gasteiger partial charge in [0.25, 0.3) is 0 Å². The molecule has 2 aromatic heterocycles. The summed E-state index contributed by atoms with van der Waals surface area (Å²) in [6.45, 7) is 0. The smallest absolute Gasteiger partial charge is 0.147 e. The maximum Gasteiger partial charge on any atom is 0.147 e. The van der Waals surface area contributed by atoms with Gasteiger partial charge in [-0.15, -0.1) is 0 Å². The van der Waals surface area contributed by atoms with Crippen molar-refractivity contribution in [3.05, 3.63) is 46.2 Å². The minimum atomic E-state index is -1.14. The summed E-state index contributed by atoms with van der Waals surface area (Å²) in [5.41, 5.74) is 0.462. The van der Waals surface area contributed by atoms with Crippen molar-refractivity contribution in [3.63, 3.8) is 0 Å². The van der Waals surface area contributed by atoms with Gasteiger partial charge in [-0.25, -0.2) is 4.39 Å². The molecule has 2 aromatic rings. The second kappa shape index (κ2) is 4.31. The van der Waals surface area contributed by atoms with Crippen molar-refractivity contribution >= 4 is 15.9 Å². The van der Waals surface area contributed by atoms with Gasteiger partial charge < -0.3 is 5.11 Å². The van der Waals surface area contributed by atoms with Crippen molar-refractivity contribution in [3.8, 4) is 0 Å². The predicted octanol–water partition coefficient (Wildman–Crippen LogP) is 1.80. The van der Waals surface area contributed by atoms with E-state index in [0.29, 0.717) is 10.2 Å². The Hall–Kier alpha value is -1.27. The fourth-order valence-electron chi connectivity index (χ4n) is 1.46. The summed E-state index contributed by atoms with van der Waals surface area (Å²) >= 11 is 3.25. The van der Waals surface area contributed by atoms with Crippen LogP contribution in [0.3, 0.4) is 0 Å². The second-order valence-electron chi connectivity index (χ2n) is 3.27. The van der Waals surface area contributed by atoms with Crippen LogP contribution in [0, 0.1) is 5.82 Å². The molecule has 0 saturated carbocycles. The fraction of sp³-hybridized carbons (Fsp3) is 0.200. The van der Waals surface area contributed by atoms with Gasteiger partial charge in [-0.1, -0.05) is 0 Å². The Labute approximate surface area is 99.9 Å². The lowest BCUT2D eigenvalue weighted by Crippen LogP contribution is -2.10. The maximum absolute atomic E-state index is 13.4. The van der Waals surface area contributed by atoms with E-state index in [0.717, 1.165) is 0 Å². The van der Waals surface area contributed by atoms with Gasteiger partial charge in [-0.2, -0.15) is 5.10 Å². The third kappa shape index (κ3) is 1.85. The molecule has 0 aromatic carbocycles. The minimum absolute atomic E-state index is 0.00759. The number of rotatable bonds is 2. The molecule has 0 aliphatic carbocycles. The lowest BCUT2D eigenvalue weighted by Gasteiger charge is -2.11. The molecule has 0 radical (unpaired) electrons. The van der Waals surface area contributed by atoms with E-state index in [1.807, 2.05) is 0 Å². The molecular weight excluding hydrogens is 277 g/mol. The number of hydrogen-bond acceptors (Lipinski definition) is 3. The summed E-state index contributed by atoms with van der Waals surface area (Å²) in [4.78, 5) is 3.83. The van der Waals surface area contributed by atoms with Crippen molar-refractivity contribution in [1.82, 2.24) is 14.8 Å². The topological polar surface area (TPSA) is 50.9 Å². The zero-order valence-corrected chi connectivity index (χ0v) is 10.0. The largest absolute Gasteiger partial charge is 0.380 e. The fourth-order valence-corrected chi connectivity index (χ4v) is 2.02. The first kappa shape index (κ1) is 11.2. The molecule has 0 spiro atoms. The number of halogens is 2. The zero-order chi connectivity index (χ0) is 11.7. The molecular formula is C10H9BrFN3O. The van der Waals surface area contributed by atoms with Crippen molar-refractivity contribution in [1.29, 1.82) is 0 Å². The third-order valence-electron chi connectivity index (χ3n) is 2.24. The number of aliphatic hydroxyl groups excluding tert-OH is 1. The quantitative estimate of drug-likeness (QED) is 0.915. The van der Waals surface area contributed by atoms with Crippen LogP contribution in [0.15, 0.2) is 29.0 Å². The highest BCUT2D eigenvalue weighted by Crippen LogP contribution is 2.27. The van der Waals surface area contributed by atoms with Crippen LogP contribution in [-0.4, -0.2) is 19.9 Å². The Morgan fingerprint density at radius 3 is 2.88 bits per heavy atom. The minimum Gasteiger partial charge on any atom is -0.380 e. The summed E-state index contributed by atoms with van der Waals surface area (Å²) in [5.74, 6) is -0.539. The molecule has 0 bridgehead atoms. The first-order valence-corrected chi connectivity index (χ1v) is 5.36. The Balaban J connectivity index is 2.47. The number of hydrogen-bond donors (Lipinski definition) is 1. The number of aliphatic hydroxyl groups is 1. The van der Waals surface area contributed by atoms with Crippen molar-refractivity contribution < 1.29 is 9.50 Å². The van der Waals surface area contributed by atoms with Crippen LogP contribution in [0.1, 0.15) is 17.5 Å². The average molecular weight is 286 g/mol. The Kier molecular flexibility index (Phi) is 3.02. The molecule has 6 heteroatoms. The van der Waals surface area contributed by atoms with Gasteiger partial charge in [0.2, 0.25) is 0 Å². The van der Waals surface area contributed by atoms with Gasteiger partial charge in [0, 0.05) is 13.2 Å². The lowest BCUT2D eigenvalue weighted by atomic mass is 10.1. The maximum atomic E-state index is 13.4. The molecule has 0 aliphatic heterocycles. The molecule has 84 valence electrons. The average Bonchev–Trinajstić information content (AvgIpc) is 2.58. The van der Waals surface area contributed by atoms with Crippen LogP contribution < -0.4 is 0 Å². The molecule has 16 heavy (non-hydrogen) atoms. The van der Waals surface area contributed by atoms with Gasteiger partial charge in [-0.3, -0.25) is 9.67 Å². The Bertz CT molecular complexity index is 495. The van der Waals surface area contributed by atoms with Crippen molar-refractivity contribution in [2.75, 3.05) is 0 Å². The van der Waals surface area contributed by atoms with Crippen LogP contribution >= 0.6 is 15.9 Å². The molecule has 1 atom stereocenters. The van der Waals surface area contributed by atoms with Gasteiger partial charge in [0.05, 0.1) is 16.4 Å². The van der Waals surface area contributed by atoms with E-state index in [9.17, 15) is 9.50 Å². The number of aryl methyl sites for hydroxylation is 1. The number of nitrogens with zero attached hydrogens (tertiary/aromatic N) is 3. The number of aromatic nitrogens is 3. The van der Waals surface area contributed by atoms with E-state index in [-0.39, 0.29) is 5.69 Å². The van der Waals surface area contributed by atoms with Crippen LogP contribution in [0.25, 0.3) is 0 Å². The van der Waals surface area contributed by atoms with Crippen LogP contribution in [0.4, 0.5) is 4.39 Å². The summed E-state index contributed by atoms with van der Waals surface area (Å²) in [5, 5.41) is 14.0. The zero-order valence-electron chi connectivity index (χ0n) is 8.43. The van der Waals surface area contributed by atoms with E-state index in [2.05, 4.69) is 26.0 Å². The lowest BCUT2D eigenvalue weighted by molar-refractivity contribution is 0.198. The van der Waals surface area contributed by atoms with E-state index in [1.165, 1.54) is 23.0 Å². The Morgan fingerprint density at radius 1 is 1.56 bits per heavy atom. The molecule has 0 fully saturated rings. The van der Waals surface area contributed by atoms with Gasteiger partial charge in [0.1, 0.15) is 17.6 Å². The highest BCUT2D eigenvalue weighted by atomic mass is 79.9. The van der Waals surface area contributed by atoms with E-state index < -0.39 is 11.9 Å². The molecule has 2 heterocycles. The second-order valence-corrected chi connectivity index (χ2v) is 4.13. The van der Waals surface area contributed by atoms with Crippen LogP contribution in [-0.2, 0) is 7.05 Å². The van der Waals surface area contributed by atoms with E-state index in [4.69, 9.17) is 0 Å². The van der Waals surface area contributed by atoms with E-state index >= 15 is 0 Å². The van der Waals surface area contributed by atoms with Gasteiger partial charge >= 0.3 is 0 Å². The Morgan fingerprint density at radius 2 is 2.31 bits per heavy atom. The molecule has 0 saturated heterocycles. The van der Waals surface area contributed by atoms with E-state index in [1.54, 1.807) is 13.2 Å². The normalized spacial score (nSPS) is 12.8. The predicted molar refractivity (Wildman–Crippen MR) is 59.2 cm³/mol. The summed E-state index contributed by atoms with van der Waals surface area (Å²) < 4.78 is 15.5. The molecule has 1 unspecified atom stereocenters. The molecule has 0 aliphatic rings. The standard InChI is InChI=1S/C10H9BrFN3O/c1-15-9(6(11)5-14-15)10(16)8-7(12)3-2-4-13-8/h2-5,10,16H,1H3. The van der Waals surface area contributed by atoms with Gasteiger partial charge in [0.15, 0.2) is 0 Å². The monoisotopic (exact) mass is 285 g/mol. The highest BCUT2D eigenvalue weighted by molar-refractivity contribution is 9.10. The van der Waals surface area contributed by atoms with Crippen LogP contribution in [0.5, 0.6) is 0 Å². The molecule has 4 nitrogen and oxygen atoms in total. The first-order valence-electron chi connectivity index (χ1n) is 4.57. The van der Waals surface area contributed by atoms with Gasteiger partial charge in [-0.05, 0) is 28.1 Å². The summed E-state index contributed by atoms with van der Waals surface area (Å²) in [6.07, 6.45) is 1.84. The third-order valence-corrected chi connectivity index (χ3v) is 2.85. The van der Waals surface area contributed by atoms with Crippen molar-refractivity contribution in [2.24, 2.45) is 7.05 Å². The summed E-state index contributed by atoms with van der Waals surface area (Å²) in [6, 6.07) is 2.74. The molecule has 2 rings (SSSR count).